The molecule has 0 aromatic carbocycles. The van der Waals surface area contributed by atoms with Gasteiger partial charge in [0.05, 0.1) is 0 Å². The van der Waals surface area contributed by atoms with E-state index in [-0.39, 0.29) is 66.6 Å². The van der Waals surface area contributed by atoms with Crippen molar-refractivity contribution in [2.45, 2.75) is 0 Å². The summed E-state index contributed by atoms with van der Waals surface area (Å²) in [5.41, 5.74) is 0. The summed E-state index contributed by atoms with van der Waals surface area (Å²) in [6, 6.07) is 0. The molecule has 0 aliphatic carbocycles. The molecule has 7 heavy (non-hydrogen) atoms. The summed E-state index contributed by atoms with van der Waals surface area (Å²) in [5, 5.41) is 0. The van der Waals surface area contributed by atoms with Crippen LogP contribution >= 0.6 is 0 Å². The topological polar surface area (TPSA) is 63.2 Å². The van der Waals surface area contributed by atoms with Crippen LogP contribution in [0.4, 0.5) is 0 Å². The number of hydrogen-bond donors (Lipinski definition) is 0. The maximum absolute atomic E-state index is 8.52. The Kier molecular flexibility index (Phi) is 52.0. The third-order valence-corrected chi connectivity index (χ3v) is 0. The third kappa shape index (κ3) is 81.1. The van der Waals surface area contributed by atoms with Crippen LogP contribution in [0.25, 0.3) is 0 Å². The van der Waals surface area contributed by atoms with E-state index >= 15 is 0 Å². The van der Waals surface area contributed by atoms with Crippen LogP contribution in [0.15, 0.2) is 0 Å². The summed E-state index contributed by atoms with van der Waals surface area (Å²) < 4.78 is 8.52. The van der Waals surface area contributed by atoms with E-state index in [1.54, 1.807) is 0 Å². The van der Waals surface area contributed by atoms with Crippen molar-refractivity contribution in [3.63, 3.8) is 0 Å². The average Bonchev–Trinajstić information content (AvgIpc) is 0.811. The molecule has 0 saturated carbocycles. The van der Waals surface area contributed by atoms with Gasteiger partial charge in [0, 0.05) is 9.17 Å². The molecule has 0 unspecified atom stereocenters. The summed E-state index contributed by atoms with van der Waals surface area (Å²) in [4.78, 5) is 17.0. The van der Waals surface area contributed by atoms with Gasteiger partial charge in [-0.2, -0.15) is 0 Å². The van der Waals surface area contributed by atoms with Crippen LogP contribution in [0.1, 0.15) is 0 Å². The van der Waals surface area contributed by atoms with E-state index in [4.69, 9.17) is 14.1 Å². The minimum atomic E-state index is -3.63. The minimum absolute atomic E-state index is 0. The Morgan fingerprint density at radius 3 is 1.29 bits per heavy atom. The van der Waals surface area contributed by atoms with Crippen LogP contribution in [0.3, 0.4) is 0 Å². The molecule has 0 spiro atoms. The maximum atomic E-state index is 8.52. The summed E-state index contributed by atoms with van der Waals surface area (Å²) in [5.74, 6) is 0. The first kappa shape index (κ1) is 23.2. The van der Waals surface area contributed by atoms with Crippen LogP contribution in [-0.4, -0.2) is 49.6 Å². The molecule has 0 N–H and O–H groups in total. The van der Waals surface area contributed by atoms with Crippen LogP contribution in [0.5, 0.6) is 0 Å². The second kappa shape index (κ2) is 15.7. The average molecular weight is 219 g/mol. The molecule has 7 heteroatoms. The summed E-state index contributed by atoms with van der Waals surface area (Å²) >= 11 is 0. The molecule has 3 nitrogen and oxygen atoms in total. The van der Waals surface area contributed by atoms with Crippen molar-refractivity contribution in [3.8, 4) is 0 Å². The fourth-order valence-corrected chi connectivity index (χ4v) is 0. The zero-order valence-electron chi connectivity index (χ0n) is 3.51. The molecule has 0 saturated heterocycles. The van der Waals surface area contributed by atoms with Gasteiger partial charge >= 0.3 is 66.6 Å². The fraction of sp³-hybridized carbons (Fsp3) is 0. The summed E-state index contributed by atoms with van der Waals surface area (Å²) in [6.07, 6.45) is 0. The Balaban J connectivity index is -0.0000000150. The molecule has 0 fully saturated rings. The van der Waals surface area contributed by atoms with Gasteiger partial charge in [-0.3, -0.25) is 0 Å². The molecule has 0 aromatic rings. The zero-order valence-corrected chi connectivity index (χ0v) is 9.54. The van der Waals surface area contributed by atoms with Gasteiger partial charge < -0.3 is 14.1 Å². The van der Waals surface area contributed by atoms with Crippen molar-refractivity contribution in [2.24, 2.45) is 0 Å². The summed E-state index contributed by atoms with van der Waals surface area (Å²) in [7, 11) is -3.63. The number of rotatable bonds is 0. The largest absolute Gasteiger partial charge is 3.00 e. The van der Waals surface area contributed by atoms with E-state index in [0.717, 1.165) is 0 Å². The van der Waals surface area contributed by atoms with Crippen molar-refractivity contribution < 1.29 is 40.3 Å². The van der Waals surface area contributed by atoms with Gasteiger partial charge in [-0.15, -0.1) is 0 Å². The molecule has 0 aromatic heterocycles. The molecular formula is AlMgO3SiZr+5. The Labute approximate surface area is 88.8 Å². The predicted molar refractivity (Wildman–Crippen MR) is 17.9 cm³/mol. The van der Waals surface area contributed by atoms with Gasteiger partial charge in [-0.05, 0) is 0 Å². The molecule has 0 bridgehead atoms. The van der Waals surface area contributed by atoms with Gasteiger partial charge in [0.15, 0.2) is 0 Å². The van der Waals surface area contributed by atoms with E-state index in [2.05, 4.69) is 0 Å². The van der Waals surface area contributed by atoms with Gasteiger partial charge in [0.1, 0.15) is 0 Å². The van der Waals surface area contributed by atoms with E-state index in [1.165, 1.54) is 0 Å². The van der Waals surface area contributed by atoms with Gasteiger partial charge in [0.25, 0.3) is 0 Å². The number of hydrogen-bond acceptors (Lipinski definition) is 3. The standard InChI is InChI=1S/Al.Mg.O3Si.Zr/c;;1-4(2)3;/q+3;+2;-2;+2. The first-order valence-corrected chi connectivity index (χ1v) is 1.84. The molecule has 0 atom stereocenters. The monoisotopic (exact) mass is 217 g/mol. The Hall–Kier alpha value is 1.80. The smallest absolute Gasteiger partial charge is 0.672 e. The Morgan fingerprint density at radius 1 is 1.29 bits per heavy atom. The predicted octanol–water partition coefficient (Wildman–Crippen LogP) is -3.64. The SMILES string of the molecule is O=[Si]([O-])[O-].[Al+3].[Mg+2].[Zr+2]. The van der Waals surface area contributed by atoms with Crippen LogP contribution in [-0.2, 0) is 30.7 Å². The fourth-order valence-electron chi connectivity index (χ4n) is 0. The van der Waals surface area contributed by atoms with Crippen LogP contribution in [0.2, 0.25) is 0 Å². The third-order valence-electron chi connectivity index (χ3n) is 0. The molecular weight excluding hydrogens is 219 g/mol. The van der Waals surface area contributed by atoms with E-state index in [9.17, 15) is 0 Å². The van der Waals surface area contributed by atoms with E-state index in [1.807, 2.05) is 0 Å². The van der Waals surface area contributed by atoms with Crippen LogP contribution < -0.4 is 9.59 Å². The minimum Gasteiger partial charge on any atom is -0.672 e. The molecule has 0 heterocycles. The van der Waals surface area contributed by atoms with E-state index in [0.29, 0.717) is 0 Å². The van der Waals surface area contributed by atoms with Gasteiger partial charge in [0.2, 0.25) is 0 Å². The van der Waals surface area contributed by atoms with Crippen molar-refractivity contribution in [3.05, 3.63) is 0 Å². The normalized spacial score (nSPS) is 3.43. The summed E-state index contributed by atoms with van der Waals surface area (Å²) in [6.45, 7) is 0. The van der Waals surface area contributed by atoms with Gasteiger partial charge in [-0.1, -0.05) is 0 Å². The molecule has 0 aliphatic heterocycles. The second-order valence-corrected chi connectivity index (χ2v) is 0.750. The van der Waals surface area contributed by atoms with Crippen LogP contribution in [0, 0.1) is 0 Å². The first-order chi connectivity index (χ1) is 1.73. The first-order valence-electron chi connectivity index (χ1n) is 0.612. The molecule has 0 amide bonds. The Morgan fingerprint density at radius 2 is 1.29 bits per heavy atom. The Bertz CT molecular complexity index is 37.9. The molecule has 0 aliphatic rings. The second-order valence-electron chi connectivity index (χ2n) is 0.250. The van der Waals surface area contributed by atoms with Gasteiger partial charge in [-0.25, -0.2) is 0 Å². The van der Waals surface area contributed by atoms with Crippen molar-refractivity contribution in [2.75, 3.05) is 0 Å². The maximum Gasteiger partial charge on any atom is 3.00 e. The van der Waals surface area contributed by atoms with E-state index < -0.39 is 9.17 Å². The molecule has 0 rings (SSSR count). The molecule has 26 valence electrons. The molecule has 0 radical (unpaired) electrons. The van der Waals surface area contributed by atoms with Crippen molar-refractivity contribution in [1.29, 1.82) is 0 Å². The van der Waals surface area contributed by atoms with Crippen molar-refractivity contribution >= 4 is 49.6 Å². The quantitative estimate of drug-likeness (QED) is 0.394. The zero-order chi connectivity index (χ0) is 3.58. The van der Waals surface area contributed by atoms with Crippen molar-refractivity contribution in [1.82, 2.24) is 0 Å².